The van der Waals surface area contributed by atoms with Crippen LogP contribution in [0.15, 0.2) is 18.2 Å². The molecule has 0 N–H and O–H groups in total. The van der Waals surface area contributed by atoms with Crippen molar-refractivity contribution in [2.45, 2.75) is 51.9 Å². The lowest BCUT2D eigenvalue weighted by atomic mass is 9.86. The van der Waals surface area contributed by atoms with Crippen molar-refractivity contribution in [1.29, 1.82) is 0 Å². The normalized spacial score (nSPS) is 30.5. The summed E-state index contributed by atoms with van der Waals surface area (Å²) in [5.74, 6) is 2.83. The summed E-state index contributed by atoms with van der Waals surface area (Å²) in [6.45, 7) is 3.05. The molecule has 3 unspecified atom stereocenters. The first kappa shape index (κ1) is 13.4. The summed E-state index contributed by atoms with van der Waals surface area (Å²) in [6, 6.07) is 6.55. The number of anilines is 1. The molecule has 0 radical (unpaired) electrons. The second-order valence-electron chi connectivity index (χ2n) is 7.42. The van der Waals surface area contributed by atoms with Gasteiger partial charge in [-0.15, -0.1) is 0 Å². The maximum atomic E-state index is 12.8. The highest BCUT2D eigenvalue weighted by atomic mass is 16.2. The van der Waals surface area contributed by atoms with Gasteiger partial charge in [0.15, 0.2) is 0 Å². The molecule has 3 aliphatic rings. The molecule has 0 aromatic heterocycles. The number of hydrogen-bond donors (Lipinski definition) is 0. The van der Waals surface area contributed by atoms with Gasteiger partial charge in [0.25, 0.3) is 0 Å². The third kappa shape index (κ3) is 2.39. The smallest absolute Gasteiger partial charge is 0.227 e. The fraction of sp³-hybridized carbons (Fsp3) is 0.632. The molecule has 1 aliphatic heterocycles. The molecule has 2 nitrogen and oxygen atoms in total. The Labute approximate surface area is 127 Å². The topological polar surface area (TPSA) is 20.3 Å². The van der Waals surface area contributed by atoms with Crippen LogP contribution in [-0.2, 0) is 11.2 Å². The van der Waals surface area contributed by atoms with Gasteiger partial charge in [0.05, 0.1) is 0 Å². The van der Waals surface area contributed by atoms with E-state index in [4.69, 9.17) is 0 Å². The lowest BCUT2D eigenvalue weighted by Crippen LogP contribution is -2.37. The Morgan fingerprint density at radius 3 is 2.95 bits per heavy atom. The Bertz CT molecular complexity index is 565. The van der Waals surface area contributed by atoms with Crippen molar-refractivity contribution < 1.29 is 4.79 Å². The zero-order valence-corrected chi connectivity index (χ0v) is 13.0. The molecule has 2 aliphatic carbocycles. The van der Waals surface area contributed by atoms with Crippen molar-refractivity contribution in [3.05, 3.63) is 29.3 Å². The van der Waals surface area contributed by atoms with E-state index in [9.17, 15) is 4.79 Å². The molecular formula is C19H25NO. The van der Waals surface area contributed by atoms with E-state index in [0.29, 0.717) is 11.8 Å². The first-order valence-corrected chi connectivity index (χ1v) is 8.60. The summed E-state index contributed by atoms with van der Waals surface area (Å²) >= 11 is 0. The largest absolute Gasteiger partial charge is 0.312 e. The van der Waals surface area contributed by atoms with Gasteiger partial charge in [0.2, 0.25) is 5.91 Å². The summed E-state index contributed by atoms with van der Waals surface area (Å²) in [5.41, 5.74) is 3.85. The molecule has 21 heavy (non-hydrogen) atoms. The van der Waals surface area contributed by atoms with E-state index in [0.717, 1.165) is 37.6 Å². The van der Waals surface area contributed by atoms with E-state index in [1.165, 1.54) is 42.5 Å². The molecule has 0 saturated heterocycles. The molecule has 112 valence electrons. The van der Waals surface area contributed by atoms with Gasteiger partial charge in [-0.25, -0.2) is 0 Å². The molecule has 1 aromatic carbocycles. The van der Waals surface area contributed by atoms with Crippen LogP contribution in [-0.4, -0.2) is 12.5 Å². The molecule has 0 spiro atoms. The molecule has 2 fully saturated rings. The molecule has 2 heteroatoms. The molecule has 1 amide bonds. The van der Waals surface area contributed by atoms with E-state index < -0.39 is 0 Å². The van der Waals surface area contributed by atoms with Gasteiger partial charge < -0.3 is 4.90 Å². The number of benzene rings is 1. The second kappa shape index (κ2) is 5.15. The lowest BCUT2D eigenvalue weighted by Gasteiger charge is -2.32. The lowest BCUT2D eigenvalue weighted by molar-refractivity contribution is -0.120. The first-order chi connectivity index (χ1) is 10.2. The van der Waals surface area contributed by atoms with Gasteiger partial charge in [-0.3, -0.25) is 4.79 Å². The Kier molecular flexibility index (Phi) is 3.28. The van der Waals surface area contributed by atoms with E-state index in [1.807, 2.05) is 0 Å². The fourth-order valence-corrected chi connectivity index (χ4v) is 4.95. The van der Waals surface area contributed by atoms with Crippen molar-refractivity contribution in [3.63, 3.8) is 0 Å². The predicted molar refractivity (Wildman–Crippen MR) is 85.4 cm³/mol. The molecular weight excluding hydrogens is 258 g/mol. The highest BCUT2D eigenvalue weighted by molar-refractivity contribution is 5.94. The molecule has 2 saturated carbocycles. The molecule has 3 atom stereocenters. The van der Waals surface area contributed by atoms with Crippen LogP contribution in [0.2, 0.25) is 0 Å². The zero-order valence-electron chi connectivity index (χ0n) is 13.0. The Morgan fingerprint density at radius 1 is 1.29 bits per heavy atom. The average molecular weight is 283 g/mol. The Balaban J connectivity index is 1.50. The van der Waals surface area contributed by atoms with Crippen LogP contribution in [0.3, 0.4) is 0 Å². The van der Waals surface area contributed by atoms with Crippen LogP contribution in [0.5, 0.6) is 0 Å². The van der Waals surface area contributed by atoms with Gasteiger partial charge >= 0.3 is 0 Å². The molecule has 1 heterocycles. The van der Waals surface area contributed by atoms with Crippen LogP contribution >= 0.6 is 0 Å². The number of nitrogens with zero attached hydrogens (tertiary/aromatic N) is 1. The highest BCUT2D eigenvalue weighted by Crippen LogP contribution is 2.49. The minimum absolute atomic E-state index is 0.373. The van der Waals surface area contributed by atoms with Crippen molar-refractivity contribution >= 4 is 11.6 Å². The number of hydrogen-bond acceptors (Lipinski definition) is 1. The minimum Gasteiger partial charge on any atom is -0.312 e. The number of amides is 1. The van der Waals surface area contributed by atoms with Crippen molar-refractivity contribution in [2.24, 2.45) is 17.8 Å². The second-order valence-corrected chi connectivity index (χ2v) is 7.42. The van der Waals surface area contributed by atoms with Crippen LogP contribution in [0, 0.1) is 24.7 Å². The van der Waals surface area contributed by atoms with E-state index in [2.05, 4.69) is 30.0 Å². The Morgan fingerprint density at radius 2 is 2.19 bits per heavy atom. The third-order valence-corrected chi connectivity index (χ3v) is 5.98. The summed E-state index contributed by atoms with van der Waals surface area (Å²) in [5, 5.41) is 0. The van der Waals surface area contributed by atoms with E-state index in [1.54, 1.807) is 0 Å². The summed E-state index contributed by atoms with van der Waals surface area (Å²) < 4.78 is 0. The highest BCUT2D eigenvalue weighted by Gasteiger charge is 2.40. The maximum Gasteiger partial charge on any atom is 0.227 e. The fourth-order valence-electron chi connectivity index (χ4n) is 4.95. The summed E-state index contributed by atoms with van der Waals surface area (Å²) in [7, 11) is 0. The van der Waals surface area contributed by atoms with Crippen LogP contribution < -0.4 is 4.90 Å². The van der Waals surface area contributed by atoms with Gasteiger partial charge in [0, 0.05) is 18.7 Å². The quantitative estimate of drug-likeness (QED) is 0.800. The molecule has 2 bridgehead atoms. The van der Waals surface area contributed by atoms with E-state index >= 15 is 0 Å². The van der Waals surface area contributed by atoms with Crippen molar-refractivity contribution in [1.82, 2.24) is 0 Å². The van der Waals surface area contributed by atoms with Gasteiger partial charge in [-0.1, -0.05) is 24.1 Å². The van der Waals surface area contributed by atoms with Crippen molar-refractivity contribution in [2.75, 3.05) is 11.4 Å². The van der Waals surface area contributed by atoms with Crippen LogP contribution in [0.25, 0.3) is 0 Å². The monoisotopic (exact) mass is 283 g/mol. The average Bonchev–Trinajstić information content (AvgIpc) is 3.08. The number of fused-ring (bicyclic) bond motifs is 3. The minimum atomic E-state index is 0.373. The number of carbonyl (C=O) groups is 1. The van der Waals surface area contributed by atoms with Crippen LogP contribution in [0.1, 0.15) is 49.7 Å². The van der Waals surface area contributed by atoms with Gasteiger partial charge in [0.1, 0.15) is 0 Å². The maximum absolute atomic E-state index is 12.8. The standard InChI is InChI=1S/C19H25NO/c1-13-4-7-18-16(9-13)3-2-8-20(18)19(21)12-17-11-14-5-6-15(17)10-14/h4,7,9,14-15,17H,2-3,5-6,8,10-12H2,1H3. The number of rotatable bonds is 2. The van der Waals surface area contributed by atoms with Crippen molar-refractivity contribution in [3.8, 4) is 0 Å². The predicted octanol–water partition coefficient (Wildman–Crippen LogP) is 4.10. The third-order valence-electron chi connectivity index (χ3n) is 5.98. The summed E-state index contributed by atoms with van der Waals surface area (Å²) in [4.78, 5) is 14.9. The first-order valence-electron chi connectivity index (χ1n) is 8.60. The van der Waals surface area contributed by atoms with Gasteiger partial charge in [-0.2, -0.15) is 0 Å². The van der Waals surface area contributed by atoms with Crippen LogP contribution in [0.4, 0.5) is 5.69 Å². The Hall–Kier alpha value is -1.31. The number of carbonyl (C=O) groups excluding carboxylic acids is 1. The molecule has 1 aromatic rings. The number of aryl methyl sites for hydroxylation is 2. The SMILES string of the molecule is Cc1ccc2c(c1)CCCN2C(=O)CC1CC2CCC1C2. The van der Waals surface area contributed by atoms with Gasteiger partial charge in [-0.05, 0) is 68.4 Å². The van der Waals surface area contributed by atoms with E-state index in [-0.39, 0.29) is 0 Å². The molecule has 4 rings (SSSR count). The zero-order chi connectivity index (χ0) is 14.4. The summed E-state index contributed by atoms with van der Waals surface area (Å²) in [6.07, 6.45) is 8.51.